The molecule has 24 heavy (non-hydrogen) atoms. The van der Waals surface area contributed by atoms with Gasteiger partial charge in [0.15, 0.2) is 0 Å². The second-order valence-corrected chi connectivity index (χ2v) is 7.00. The van der Waals surface area contributed by atoms with Crippen molar-refractivity contribution in [3.8, 4) is 0 Å². The van der Waals surface area contributed by atoms with Crippen LogP contribution >= 0.6 is 0 Å². The number of allylic oxidation sites excluding steroid dienone is 1. The van der Waals surface area contributed by atoms with Gasteiger partial charge in [0, 0.05) is 38.9 Å². The van der Waals surface area contributed by atoms with Crippen LogP contribution < -0.4 is 5.73 Å². The molecule has 0 bridgehead atoms. The monoisotopic (exact) mass is 340 g/mol. The standard InChI is InChI=1S/C10H22N2.C8H16N2.C2H6/c1-10(2)4-5-12-8-6-11(3)7-9-12;1-7(2)6-8(10-3)4-5-9;1-2/h10H,4-9H2,1-3H3;4-5,7H,6,9H2,1-3H3;1-2H3/b;5-4-,10-8?;. The third-order valence-electron chi connectivity index (χ3n) is 3.81. The van der Waals surface area contributed by atoms with Crippen molar-refractivity contribution in [3.63, 3.8) is 0 Å². The fourth-order valence-electron chi connectivity index (χ4n) is 2.28. The Labute approximate surface area is 152 Å². The van der Waals surface area contributed by atoms with E-state index in [1.807, 2.05) is 19.9 Å². The molecule has 0 amide bonds. The van der Waals surface area contributed by atoms with Crippen molar-refractivity contribution in [2.24, 2.45) is 22.6 Å². The lowest BCUT2D eigenvalue weighted by atomic mass is 10.1. The highest BCUT2D eigenvalue weighted by molar-refractivity contribution is 5.94. The molecule has 1 aliphatic rings. The van der Waals surface area contributed by atoms with Gasteiger partial charge >= 0.3 is 0 Å². The van der Waals surface area contributed by atoms with Crippen molar-refractivity contribution >= 4 is 5.71 Å². The number of nitrogens with two attached hydrogens (primary N) is 1. The van der Waals surface area contributed by atoms with E-state index >= 15 is 0 Å². The van der Waals surface area contributed by atoms with Gasteiger partial charge in [-0.15, -0.1) is 0 Å². The summed E-state index contributed by atoms with van der Waals surface area (Å²) in [5.41, 5.74) is 6.29. The molecule has 4 nitrogen and oxygen atoms in total. The lowest BCUT2D eigenvalue weighted by molar-refractivity contribution is 0.148. The zero-order chi connectivity index (χ0) is 19.0. The average molecular weight is 341 g/mol. The third-order valence-corrected chi connectivity index (χ3v) is 3.81. The Kier molecular flexibility index (Phi) is 17.9. The minimum absolute atomic E-state index is 0.648. The van der Waals surface area contributed by atoms with Crippen molar-refractivity contribution in [1.82, 2.24) is 9.80 Å². The van der Waals surface area contributed by atoms with Crippen molar-refractivity contribution in [2.45, 2.75) is 54.4 Å². The Morgan fingerprint density at radius 2 is 1.58 bits per heavy atom. The first kappa shape index (κ1) is 25.4. The van der Waals surface area contributed by atoms with Gasteiger partial charge in [0.05, 0.1) is 0 Å². The highest BCUT2D eigenvalue weighted by Crippen LogP contribution is 2.04. The van der Waals surface area contributed by atoms with Crippen LogP contribution in [0.3, 0.4) is 0 Å². The molecule has 1 rings (SSSR count). The second-order valence-electron chi connectivity index (χ2n) is 7.00. The lowest BCUT2D eigenvalue weighted by Gasteiger charge is -2.32. The van der Waals surface area contributed by atoms with Crippen LogP contribution in [0.2, 0.25) is 0 Å². The van der Waals surface area contributed by atoms with E-state index in [4.69, 9.17) is 5.73 Å². The molecule has 0 aromatic rings. The molecule has 1 fully saturated rings. The van der Waals surface area contributed by atoms with Crippen LogP contribution in [-0.4, -0.2) is 62.3 Å². The Balaban J connectivity index is 0. The number of aliphatic imine (C=N–C) groups is 1. The average Bonchev–Trinajstić information content (AvgIpc) is 2.56. The fraction of sp³-hybridized carbons (Fsp3) is 0.850. The first-order chi connectivity index (χ1) is 11.4. The summed E-state index contributed by atoms with van der Waals surface area (Å²) in [7, 11) is 4.00. The van der Waals surface area contributed by atoms with Crippen LogP contribution in [0.5, 0.6) is 0 Å². The SMILES string of the molecule is CC.CC(C)CCN1CCN(C)CC1.CN=C(/C=C\N)CC(C)C. The summed E-state index contributed by atoms with van der Waals surface area (Å²) < 4.78 is 0. The number of hydrogen-bond acceptors (Lipinski definition) is 4. The highest BCUT2D eigenvalue weighted by Gasteiger charge is 2.12. The molecule has 144 valence electrons. The zero-order valence-corrected chi connectivity index (χ0v) is 17.7. The quantitative estimate of drug-likeness (QED) is 0.746. The summed E-state index contributed by atoms with van der Waals surface area (Å²) in [6.45, 7) is 19.3. The number of piperazine rings is 1. The van der Waals surface area contributed by atoms with Gasteiger partial charge < -0.3 is 15.5 Å². The molecule has 0 aromatic heterocycles. The Morgan fingerprint density at radius 3 is 1.96 bits per heavy atom. The van der Waals surface area contributed by atoms with Crippen molar-refractivity contribution in [2.75, 3.05) is 46.8 Å². The molecule has 0 aromatic carbocycles. The number of nitrogens with zero attached hydrogens (tertiary/aromatic N) is 3. The van der Waals surface area contributed by atoms with E-state index in [0.29, 0.717) is 5.92 Å². The summed E-state index contributed by atoms with van der Waals surface area (Å²) in [4.78, 5) is 9.06. The van der Waals surface area contributed by atoms with Crippen LogP contribution in [0.25, 0.3) is 0 Å². The molecular weight excluding hydrogens is 296 g/mol. The minimum atomic E-state index is 0.648. The molecule has 0 atom stereocenters. The van der Waals surface area contributed by atoms with Crippen LogP contribution in [0.4, 0.5) is 0 Å². The predicted octanol–water partition coefficient (Wildman–Crippen LogP) is 3.88. The highest BCUT2D eigenvalue weighted by atomic mass is 15.2. The van der Waals surface area contributed by atoms with Crippen LogP contribution in [0, 0.1) is 11.8 Å². The zero-order valence-electron chi connectivity index (χ0n) is 17.7. The third kappa shape index (κ3) is 16.0. The van der Waals surface area contributed by atoms with E-state index < -0.39 is 0 Å². The molecule has 0 unspecified atom stereocenters. The molecule has 0 radical (unpaired) electrons. The summed E-state index contributed by atoms with van der Waals surface area (Å²) in [6.07, 6.45) is 5.73. The minimum Gasteiger partial charge on any atom is -0.405 e. The van der Waals surface area contributed by atoms with Crippen LogP contribution in [0.1, 0.15) is 54.4 Å². The van der Waals surface area contributed by atoms with Crippen molar-refractivity contribution < 1.29 is 0 Å². The number of likely N-dealkylation sites (N-methyl/N-ethyl adjacent to an activating group) is 1. The van der Waals surface area contributed by atoms with E-state index in [1.165, 1.54) is 45.3 Å². The summed E-state index contributed by atoms with van der Waals surface area (Å²) in [5.74, 6) is 1.50. The summed E-state index contributed by atoms with van der Waals surface area (Å²) in [5, 5.41) is 0. The predicted molar refractivity (Wildman–Crippen MR) is 111 cm³/mol. The molecule has 2 N–H and O–H groups in total. The molecule has 1 aliphatic heterocycles. The molecular formula is C20H44N4. The molecule has 0 saturated carbocycles. The molecule has 4 heteroatoms. The maximum absolute atomic E-state index is 5.22. The fourth-order valence-corrected chi connectivity index (χ4v) is 2.28. The van der Waals surface area contributed by atoms with E-state index in [0.717, 1.165) is 18.1 Å². The largest absolute Gasteiger partial charge is 0.405 e. The first-order valence-electron chi connectivity index (χ1n) is 9.63. The summed E-state index contributed by atoms with van der Waals surface area (Å²) >= 11 is 0. The van der Waals surface area contributed by atoms with Crippen LogP contribution in [-0.2, 0) is 0 Å². The van der Waals surface area contributed by atoms with Gasteiger partial charge in [-0.2, -0.15) is 0 Å². The summed E-state index contributed by atoms with van der Waals surface area (Å²) in [6, 6.07) is 0. The molecule has 0 spiro atoms. The van der Waals surface area contributed by atoms with Crippen LogP contribution in [0.15, 0.2) is 17.3 Å². The first-order valence-corrected chi connectivity index (χ1v) is 9.63. The van der Waals surface area contributed by atoms with Gasteiger partial charge in [0.1, 0.15) is 0 Å². The van der Waals surface area contributed by atoms with Gasteiger partial charge in [0.25, 0.3) is 0 Å². The second kappa shape index (κ2) is 17.0. The number of rotatable bonds is 6. The topological polar surface area (TPSA) is 44.9 Å². The molecule has 0 aliphatic carbocycles. The Morgan fingerprint density at radius 1 is 1.04 bits per heavy atom. The van der Waals surface area contributed by atoms with Crippen molar-refractivity contribution in [3.05, 3.63) is 12.3 Å². The van der Waals surface area contributed by atoms with Crippen molar-refractivity contribution in [1.29, 1.82) is 0 Å². The normalized spacial score (nSPS) is 16.8. The van der Waals surface area contributed by atoms with Gasteiger partial charge in [-0.3, -0.25) is 4.99 Å². The van der Waals surface area contributed by atoms with E-state index in [2.05, 4.69) is 49.5 Å². The molecule has 1 saturated heterocycles. The van der Waals surface area contributed by atoms with Gasteiger partial charge in [-0.25, -0.2) is 0 Å². The maximum atomic E-state index is 5.22. The smallest absolute Gasteiger partial charge is 0.0361 e. The Hall–Kier alpha value is -0.870. The van der Waals surface area contributed by atoms with Gasteiger partial charge in [-0.05, 0) is 50.5 Å². The maximum Gasteiger partial charge on any atom is 0.0361 e. The molecule has 1 heterocycles. The van der Waals surface area contributed by atoms with Gasteiger partial charge in [0.2, 0.25) is 0 Å². The van der Waals surface area contributed by atoms with E-state index in [1.54, 1.807) is 7.05 Å². The lowest BCUT2D eigenvalue weighted by Crippen LogP contribution is -2.44. The van der Waals surface area contributed by atoms with E-state index in [-0.39, 0.29) is 0 Å². The Bertz CT molecular complexity index is 314. The van der Waals surface area contributed by atoms with E-state index in [9.17, 15) is 0 Å². The van der Waals surface area contributed by atoms with Gasteiger partial charge in [-0.1, -0.05) is 41.5 Å². The number of hydrogen-bond donors (Lipinski definition) is 1.